The third kappa shape index (κ3) is 3.59. The van der Waals surface area contributed by atoms with E-state index in [1.54, 1.807) is 0 Å². The van der Waals surface area contributed by atoms with Crippen molar-refractivity contribution in [1.82, 2.24) is 9.78 Å². The second-order valence-electron chi connectivity index (χ2n) is 10.4. The van der Waals surface area contributed by atoms with Crippen molar-refractivity contribution in [1.29, 1.82) is 0 Å². The standard InChI is InChI=1S/C20H34B2N2O5/c1-17(2)18(3,4)27-21(26-17)14-13-15(22-28-19(5,6)20(7,8)29-22)24(23-14)16-11-9-10-12-25-16/h13,16H,9-12H2,1-8H3/t16-/m0/s1. The Bertz CT molecular complexity index is 739. The number of rotatable bonds is 3. The average molecular weight is 404 g/mol. The van der Waals surface area contributed by atoms with Crippen LogP contribution in [-0.2, 0) is 23.4 Å². The molecule has 4 heterocycles. The zero-order valence-corrected chi connectivity index (χ0v) is 19.1. The van der Waals surface area contributed by atoms with Crippen molar-refractivity contribution in [2.24, 2.45) is 0 Å². The van der Waals surface area contributed by atoms with Gasteiger partial charge < -0.3 is 23.4 Å². The van der Waals surface area contributed by atoms with Crippen LogP contribution >= 0.6 is 0 Å². The minimum atomic E-state index is -0.536. The lowest BCUT2D eigenvalue weighted by molar-refractivity contribution is -0.0377. The summed E-state index contributed by atoms with van der Waals surface area (Å²) >= 11 is 0. The molecule has 1 atom stereocenters. The molecule has 0 amide bonds. The zero-order chi connectivity index (χ0) is 21.2. The van der Waals surface area contributed by atoms with Crippen LogP contribution in [0.1, 0.15) is 80.9 Å². The van der Waals surface area contributed by atoms with Crippen molar-refractivity contribution < 1.29 is 23.4 Å². The molecule has 0 unspecified atom stereocenters. The molecule has 3 aliphatic rings. The third-order valence-electron chi connectivity index (χ3n) is 7.20. The number of nitrogens with zero attached hydrogens (tertiary/aromatic N) is 2. The van der Waals surface area contributed by atoms with Gasteiger partial charge >= 0.3 is 14.2 Å². The van der Waals surface area contributed by atoms with E-state index in [0.717, 1.165) is 37.1 Å². The lowest BCUT2D eigenvalue weighted by atomic mass is 9.79. The largest absolute Gasteiger partial charge is 0.516 e. The first-order chi connectivity index (χ1) is 13.3. The number of hydrogen-bond donors (Lipinski definition) is 0. The first-order valence-electron chi connectivity index (χ1n) is 10.8. The molecule has 0 saturated carbocycles. The summed E-state index contributed by atoms with van der Waals surface area (Å²) in [6, 6.07) is 1.99. The quantitative estimate of drug-likeness (QED) is 0.720. The summed E-state index contributed by atoms with van der Waals surface area (Å²) in [5.74, 6) is 0. The Morgan fingerprint density at radius 1 is 0.828 bits per heavy atom. The van der Waals surface area contributed by atoms with Crippen molar-refractivity contribution in [3.63, 3.8) is 0 Å². The lowest BCUT2D eigenvalue weighted by Gasteiger charge is -2.32. The molecule has 0 N–H and O–H groups in total. The summed E-state index contributed by atoms with van der Waals surface area (Å²) in [7, 11) is -1.06. The van der Waals surface area contributed by atoms with Gasteiger partial charge in [-0.25, -0.2) is 4.68 Å². The normalized spacial score (nSPS) is 30.1. The molecule has 0 aromatic carbocycles. The van der Waals surface area contributed by atoms with E-state index in [1.807, 2.05) is 38.4 Å². The molecular weight excluding hydrogens is 370 g/mol. The molecule has 7 nitrogen and oxygen atoms in total. The predicted octanol–water partition coefficient (Wildman–Crippen LogP) is 2.18. The Balaban J connectivity index is 1.69. The van der Waals surface area contributed by atoms with Crippen LogP contribution in [-0.4, -0.2) is 53.0 Å². The highest BCUT2D eigenvalue weighted by molar-refractivity contribution is 6.65. The van der Waals surface area contributed by atoms with Gasteiger partial charge in [-0.1, -0.05) is 0 Å². The molecule has 3 saturated heterocycles. The van der Waals surface area contributed by atoms with Crippen molar-refractivity contribution in [3.8, 4) is 0 Å². The minimum Gasteiger partial charge on any atom is -0.398 e. The van der Waals surface area contributed by atoms with Crippen LogP contribution in [0.25, 0.3) is 0 Å². The van der Waals surface area contributed by atoms with Gasteiger partial charge in [-0.2, -0.15) is 5.10 Å². The van der Waals surface area contributed by atoms with Crippen LogP contribution in [0, 0.1) is 0 Å². The van der Waals surface area contributed by atoms with E-state index in [9.17, 15) is 0 Å². The second kappa shape index (κ2) is 6.82. The summed E-state index contributed by atoms with van der Waals surface area (Å²) < 4.78 is 33.1. The SMILES string of the molecule is CC1(C)OB(c2cc(B3OC(C)(C)C(C)(C)O3)n([C@@H]3CCCCO3)n2)OC1(C)C. The fourth-order valence-corrected chi connectivity index (χ4v) is 3.79. The van der Waals surface area contributed by atoms with E-state index in [4.69, 9.17) is 28.5 Å². The predicted molar refractivity (Wildman–Crippen MR) is 112 cm³/mol. The molecular formula is C20H34B2N2O5. The molecule has 0 bridgehead atoms. The van der Waals surface area contributed by atoms with E-state index in [1.165, 1.54) is 0 Å². The lowest BCUT2D eigenvalue weighted by Crippen LogP contribution is -2.42. The highest BCUT2D eigenvalue weighted by Crippen LogP contribution is 2.38. The van der Waals surface area contributed by atoms with Crippen LogP contribution in [0.5, 0.6) is 0 Å². The number of aromatic nitrogens is 2. The maximum absolute atomic E-state index is 6.32. The van der Waals surface area contributed by atoms with E-state index in [0.29, 0.717) is 0 Å². The molecule has 0 aliphatic carbocycles. The summed E-state index contributed by atoms with van der Waals surface area (Å²) in [5.41, 5.74) is -0.126. The molecule has 3 aliphatic heterocycles. The Labute approximate surface area is 175 Å². The Hall–Kier alpha value is -0.860. The highest BCUT2D eigenvalue weighted by Gasteiger charge is 2.56. The van der Waals surface area contributed by atoms with Gasteiger partial charge in [-0.05, 0) is 80.7 Å². The first kappa shape index (κ1) is 21.4. The Kier molecular flexibility index (Phi) is 5.03. The summed E-state index contributed by atoms with van der Waals surface area (Å²) in [6.07, 6.45) is 2.97. The first-order valence-corrected chi connectivity index (χ1v) is 10.8. The molecule has 160 valence electrons. The van der Waals surface area contributed by atoms with Gasteiger partial charge in [0, 0.05) is 6.61 Å². The van der Waals surface area contributed by atoms with E-state index < -0.39 is 36.6 Å². The molecule has 1 aromatic rings. The Morgan fingerprint density at radius 2 is 1.34 bits per heavy atom. The van der Waals surface area contributed by atoms with E-state index in [2.05, 4.69) is 27.7 Å². The number of ether oxygens (including phenoxy) is 1. The number of hydrogen-bond acceptors (Lipinski definition) is 6. The fourth-order valence-electron chi connectivity index (χ4n) is 3.79. The van der Waals surface area contributed by atoms with Gasteiger partial charge in [-0.15, -0.1) is 0 Å². The summed E-state index contributed by atoms with van der Waals surface area (Å²) in [4.78, 5) is 0. The van der Waals surface area contributed by atoms with Crippen LogP contribution in [0.2, 0.25) is 0 Å². The third-order valence-corrected chi connectivity index (χ3v) is 7.20. The average Bonchev–Trinajstić information content (AvgIpc) is 3.20. The van der Waals surface area contributed by atoms with E-state index in [-0.39, 0.29) is 6.23 Å². The molecule has 9 heteroatoms. The van der Waals surface area contributed by atoms with Gasteiger partial charge in [0.25, 0.3) is 0 Å². The Morgan fingerprint density at radius 3 is 1.83 bits per heavy atom. The van der Waals surface area contributed by atoms with Crippen molar-refractivity contribution in [2.75, 3.05) is 6.61 Å². The van der Waals surface area contributed by atoms with Gasteiger partial charge in [0.1, 0.15) is 6.23 Å². The van der Waals surface area contributed by atoms with Gasteiger partial charge in [-0.3, -0.25) is 0 Å². The minimum absolute atomic E-state index is 0.131. The molecule has 0 radical (unpaired) electrons. The van der Waals surface area contributed by atoms with Crippen LogP contribution in [0.4, 0.5) is 0 Å². The zero-order valence-electron chi connectivity index (χ0n) is 19.1. The molecule has 1 aromatic heterocycles. The smallest absolute Gasteiger partial charge is 0.398 e. The van der Waals surface area contributed by atoms with Crippen molar-refractivity contribution in [2.45, 2.75) is 103 Å². The highest BCUT2D eigenvalue weighted by atomic mass is 16.7. The van der Waals surface area contributed by atoms with Crippen LogP contribution in [0.15, 0.2) is 6.07 Å². The van der Waals surface area contributed by atoms with Crippen molar-refractivity contribution >= 4 is 25.4 Å². The van der Waals surface area contributed by atoms with Crippen LogP contribution < -0.4 is 11.2 Å². The topological polar surface area (TPSA) is 64.0 Å². The van der Waals surface area contributed by atoms with Gasteiger partial charge in [0.05, 0.1) is 33.6 Å². The second-order valence-corrected chi connectivity index (χ2v) is 10.4. The monoisotopic (exact) mass is 404 g/mol. The van der Waals surface area contributed by atoms with Crippen molar-refractivity contribution in [3.05, 3.63) is 6.07 Å². The molecule has 3 fully saturated rings. The van der Waals surface area contributed by atoms with Gasteiger partial charge in [0.15, 0.2) is 0 Å². The summed E-state index contributed by atoms with van der Waals surface area (Å²) in [6.45, 7) is 17.1. The van der Waals surface area contributed by atoms with Gasteiger partial charge in [0.2, 0.25) is 0 Å². The maximum atomic E-state index is 6.32. The fraction of sp³-hybridized carbons (Fsp3) is 0.850. The summed E-state index contributed by atoms with van der Waals surface area (Å²) in [5, 5.41) is 4.87. The van der Waals surface area contributed by atoms with E-state index >= 15 is 0 Å². The molecule has 4 rings (SSSR count). The maximum Gasteiger partial charge on any atom is 0.516 e. The van der Waals surface area contributed by atoms with Crippen LogP contribution in [0.3, 0.4) is 0 Å². The molecule has 29 heavy (non-hydrogen) atoms. The molecule has 0 spiro atoms.